The summed E-state index contributed by atoms with van der Waals surface area (Å²) < 4.78 is 10.3. The van der Waals surface area contributed by atoms with Gasteiger partial charge in [-0.2, -0.15) is 5.10 Å². The fourth-order valence-electron chi connectivity index (χ4n) is 3.56. The minimum atomic E-state index is -0.880. The standard InChI is InChI=1S/C22H20N4O5/c1-12(27)23-18(22(29)30-2)10-14-13-6-3-4-7-16(13)24-17(14)11-15-20(25-26-21(15)28)19-8-5-9-31-19/h3-9,11,18,24H,10H2,1-2H3,(H,23,27)(H,26,28)/b15-11-. The van der Waals surface area contributed by atoms with E-state index < -0.39 is 12.0 Å². The summed E-state index contributed by atoms with van der Waals surface area (Å²) >= 11 is 0. The molecule has 0 saturated carbocycles. The van der Waals surface area contributed by atoms with Gasteiger partial charge in [0, 0.05) is 29.9 Å². The number of hydrogen-bond acceptors (Lipinski definition) is 6. The van der Waals surface area contributed by atoms with Crippen molar-refractivity contribution in [1.29, 1.82) is 0 Å². The normalized spacial score (nSPS) is 15.6. The third-order valence-corrected chi connectivity index (χ3v) is 4.93. The van der Waals surface area contributed by atoms with Gasteiger partial charge in [-0.15, -0.1) is 0 Å². The predicted octanol–water partition coefficient (Wildman–Crippen LogP) is 1.90. The third kappa shape index (κ3) is 3.97. The first-order chi connectivity index (χ1) is 15.0. The number of benzene rings is 1. The van der Waals surface area contributed by atoms with Crippen LogP contribution < -0.4 is 10.7 Å². The van der Waals surface area contributed by atoms with Crippen LogP contribution in [0.25, 0.3) is 17.0 Å². The Morgan fingerprint density at radius 1 is 1.26 bits per heavy atom. The summed E-state index contributed by atoms with van der Waals surface area (Å²) in [4.78, 5) is 39.6. The minimum absolute atomic E-state index is 0.171. The van der Waals surface area contributed by atoms with Gasteiger partial charge in [-0.3, -0.25) is 9.59 Å². The van der Waals surface area contributed by atoms with Crippen molar-refractivity contribution in [3.8, 4) is 0 Å². The largest absolute Gasteiger partial charge is 0.467 e. The second kappa shape index (κ2) is 8.31. The number of nitrogens with zero attached hydrogens (tertiary/aromatic N) is 1. The number of nitrogens with one attached hydrogen (secondary N) is 3. The average Bonchev–Trinajstić information content (AvgIpc) is 3.47. The number of furan rings is 1. The molecule has 9 heteroatoms. The second-order valence-electron chi connectivity index (χ2n) is 6.98. The zero-order chi connectivity index (χ0) is 22.0. The van der Waals surface area contributed by atoms with Gasteiger partial charge in [0.05, 0.1) is 18.9 Å². The zero-order valence-corrected chi connectivity index (χ0v) is 16.9. The number of esters is 1. The third-order valence-electron chi connectivity index (χ3n) is 4.93. The Balaban J connectivity index is 1.80. The molecule has 2 amide bonds. The molecule has 9 nitrogen and oxygen atoms in total. The summed E-state index contributed by atoms with van der Waals surface area (Å²) in [6.07, 6.45) is 3.34. The first-order valence-electron chi connectivity index (χ1n) is 9.56. The maximum Gasteiger partial charge on any atom is 0.328 e. The van der Waals surface area contributed by atoms with Crippen molar-refractivity contribution in [3.05, 3.63) is 65.3 Å². The van der Waals surface area contributed by atoms with Crippen LogP contribution in [0.15, 0.2) is 57.8 Å². The van der Waals surface area contributed by atoms with E-state index >= 15 is 0 Å². The summed E-state index contributed by atoms with van der Waals surface area (Å²) in [6.45, 7) is 1.34. The Bertz CT molecular complexity index is 1220. The Labute approximate surface area is 177 Å². The van der Waals surface area contributed by atoms with Crippen LogP contribution in [0.2, 0.25) is 0 Å². The van der Waals surface area contributed by atoms with E-state index in [0.29, 0.717) is 22.7 Å². The van der Waals surface area contributed by atoms with Crippen LogP contribution in [-0.2, 0) is 25.5 Å². The molecule has 0 fully saturated rings. The maximum atomic E-state index is 12.5. The summed E-state index contributed by atoms with van der Waals surface area (Å²) in [5.41, 5.74) is 5.35. The second-order valence-corrected chi connectivity index (χ2v) is 6.98. The molecular formula is C22H20N4O5. The molecule has 31 heavy (non-hydrogen) atoms. The van der Waals surface area contributed by atoms with Gasteiger partial charge in [0.15, 0.2) is 5.76 Å². The van der Waals surface area contributed by atoms with E-state index in [-0.39, 0.29) is 18.2 Å². The number of aromatic amines is 1. The molecule has 3 heterocycles. The lowest BCUT2D eigenvalue weighted by molar-refractivity contribution is -0.144. The van der Waals surface area contributed by atoms with E-state index in [1.165, 1.54) is 20.3 Å². The number of hydrazone groups is 1. The van der Waals surface area contributed by atoms with Crippen molar-refractivity contribution >= 4 is 40.5 Å². The molecule has 158 valence electrons. The zero-order valence-electron chi connectivity index (χ0n) is 16.9. The smallest absolute Gasteiger partial charge is 0.328 e. The van der Waals surface area contributed by atoms with Crippen molar-refractivity contribution in [2.75, 3.05) is 7.11 Å². The fraction of sp³-hybridized carbons (Fsp3) is 0.182. The summed E-state index contributed by atoms with van der Waals surface area (Å²) in [5, 5.41) is 7.56. The lowest BCUT2D eigenvalue weighted by atomic mass is 9.99. The van der Waals surface area contributed by atoms with Crippen LogP contribution in [0.4, 0.5) is 0 Å². The number of rotatable bonds is 6. The molecule has 4 rings (SSSR count). The number of carbonyl (C=O) groups is 3. The van der Waals surface area contributed by atoms with E-state index in [1.54, 1.807) is 18.2 Å². The lowest BCUT2D eigenvalue weighted by Crippen LogP contribution is -2.42. The number of aromatic nitrogens is 1. The van der Waals surface area contributed by atoms with E-state index in [2.05, 4.69) is 20.8 Å². The van der Waals surface area contributed by atoms with E-state index in [1.807, 2.05) is 24.3 Å². The highest BCUT2D eigenvalue weighted by molar-refractivity contribution is 6.32. The summed E-state index contributed by atoms with van der Waals surface area (Å²) in [7, 11) is 1.27. The van der Waals surface area contributed by atoms with Crippen LogP contribution in [0.3, 0.4) is 0 Å². The lowest BCUT2D eigenvalue weighted by Gasteiger charge is -2.16. The number of hydrogen-bond donors (Lipinski definition) is 3. The molecule has 0 radical (unpaired) electrons. The Hall–Kier alpha value is -4.14. The molecule has 1 atom stereocenters. The van der Waals surface area contributed by atoms with Gasteiger partial charge in [-0.25, -0.2) is 10.2 Å². The van der Waals surface area contributed by atoms with Crippen LogP contribution in [-0.4, -0.2) is 41.6 Å². The van der Waals surface area contributed by atoms with Gasteiger partial charge in [0.2, 0.25) is 5.91 Å². The molecule has 3 N–H and O–H groups in total. The van der Waals surface area contributed by atoms with Gasteiger partial charge in [-0.1, -0.05) is 18.2 Å². The first-order valence-corrected chi connectivity index (χ1v) is 9.56. The van der Waals surface area contributed by atoms with Crippen LogP contribution in [0.5, 0.6) is 0 Å². The van der Waals surface area contributed by atoms with Gasteiger partial charge in [0.1, 0.15) is 11.8 Å². The highest BCUT2D eigenvalue weighted by Gasteiger charge is 2.28. The Kier molecular flexibility index (Phi) is 5.40. The fourth-order valence-corrected chi connectivity index (χ4v) is 3.56. The molecule has 0 saturated heterocycles. The van der Waals surface area contributed by atoms with E-state index in [4.69, 9.17) is 9.15 Å². The highest BCUT2D eigenvalue weighted by Crippen LogP contribution is 2.27. The average molecular weight is 420 g/mol. The number of fused-ring (bicyclic) bond motifs is 1. The Morgan fingerprint density at radius 2 is 2.06 bits per heavy atom. The van der Waals surface area contributed by atoms with Gasteiger partial charge >= 0.3 is 5.97 Å². The van der Waals surface area contributed by atoms with Gasteiger partial charge in [-0.05, 0) is 29.8 Å². The van der Waals surface area contributed by atoms with Gasteiger partial charge < -0.3 is 19.5 Å². The quantitative estimate of drug-likeness (QED) is 0.415. The number of carbonyl (C=O) groups excluding carboxylic acids is 3. The molecular weight excluding hydrogens is 400 g/mol. The maximum absolute atomic E-state index is 12.5. The Morgan fingerprint density at radius 3 is 2.77 bits per heavy atom. The van der Waals surface area contributed by atoms with Crippen LogP contribution in [0.1, 0.15) is 23.9 Å². The highest BCUT2D eigenvalue weighted by atomic mass is 16.5. The van der Waals surface area contributed by atoms with Gasteiger partial charge in [0.25, 0.3) is 5.91 Å². The molecule has 0 spiro atoms. The van der Waals surface area contributed by atoms with Crippen LogP contribution >= 0.6 is 0 Å². The van der Waals surface area contributed by atoms with E-state index in [9.17, 15) is 14.4 Å². The van der Waals surface area contributed by atoms with Crippen molar-refractivity contribution in [2.45, 2.75) is 19.4 Å². The topological polar surface area (TPSA) is 126 Å². The molecule has 1 unspecified atom stereocenters. The number of ether oxygens (including phenoxy) is 1. The molecule has 1 aliphatic heterocycles. The number of amides is 2. The summed E-state index contributed by atoms with van der Waals surface area (Å²) in [6, 6.07) is 10.1. The first kappa shape index (κ1) is 20.1. The SMILES string of the molecule is COC(=O)C(Cc1c(/C=C2\C(=O)NN=C2c2ccco2)[nH]c2ccccc12)NC(C)=O. The van der Waals surface area contributed by atoms with Crippen molar-refractivity contribution in [3.63, 3.8) is 0 Å². The van der Waals surface area contributed by atoms with Crippen molar-refractivity contribution in [1.82, 2.24) is 15.7 Å². The summed E-state index contributed by atoms with van der Waals surface area (Å²) in [5.74, 6) is -0.830. The van der Waals surface area contributed by atoms with Crippen LogP contribution in [0, 0.1) is 0 Å². The number of H-pyrrole nitrogens is 1. The molecule has 2 aromatic heterocycles. The molecule has 1 aromatic carbocycles. The van der Waals surface area contributed by atoms with Crippen molar-refractivity contribution < 1.29 is 23.5 Å². The molecule has 1 aliphatic rings. The number of para-hydroxylation sites is 1. The van der Waals surface area contributed by atoms with E-state index in [0.717, 1.165) is 16.5 Å². The minimum Gasteiger partial charge on any atom is -0.467 e. The monoisotopic (exact) mass is 420 g/mol. The molecule has 3 aromatic rings. The van der Waals surface area contributed by atoms with Crippen molar-refractivity contribution in [2.24, 2.45) is 5.10 Å². The predicted molar refractivity (Wildman–Crippen MR) is 113 cm³/mol. The molecule has 0 aliphatic carbocycles. The molecule has 0 bridgehead atoms. The number of methoxy groups -OCH3 is 1.